The van der Waals surface area contributed by atoms with E-state index in [-0.39, 0.29) is 17.7 Å². The second-order valence-corrected chi connectivity index (χ2v) is 3.66. The van der Waals surface area contributed by atoms with Crippen molar-refractivity contribution in [2.75, 3.05) is 7.05 Å². The number of likely N-dealkylation sites (N-methyl/N-ethyl adjacent to an activating group) is 1. The summed E-state index contributed by atoms with van der Waals surface area (Å²) in [7, 11) is 1.58. The van der Waals surface area contributed by atoms with E-state index in [4.69, 9.17) is 5.11 Å². The Bertz CT molecular complexity index is 245. The van der Waals surface area contributed by atoms with Crippen LogP contribution in [0.4, 0.5) is 0 Å². The van der Waals surface area contributed by atoms with Gasteiger partial charge in [-0.1, -0.05) is 0 Å². The minimum atomic E-state index is -0.867. The summed E-state index contributed by atoms with van der Waals surface area (Å²) in [5, 5.41) is 8.83. The van der Waals surface area contributed by atoms with E-state index in [9.17, 15) is 9.59 Å². The summed E-state index contributed by atoms with van der Waals surface area (Å²) in [6, 6.07) is -0.567. The fourth-order valence-corrected chi connectivity index (χ4v) is 2.23. The molecule has 1 saturated carbocycles. The van der Waals surface area contributed by atoms with E-state index in [2.05, 4.69) is 0 Å². The van der Waals surface area contributed by atoms with E-state index in [1.807, 2.05) is 0 Å². The van der Waals surface area contributed by atoms with E-state index < -0.39 is 12.0 Å². The van der Waals surface area contributed by atoms with Crippen LogP contribution in [-0.2, 0) is 9.59 Å². The van der Waals surface area contributed by atoms with Crippen molar-refractivity contribution in [3.63, 3.8) is 0 Å². The van der Waals surface area contributed by atoms with Gasteiger partial charge in [0.1, 0.15) is 6.04 Å². The number of carboxylic acid groups (broad SMARTS) is 1. The Morgan fingerprint density at radius 2 is 2.17 bits per heavy atom. The predicted molar refractivity (Wildman–Crippen MR) is 40.4 cm³/mol. The number of aliphatic carboxylic acids is 1. The molecule has 0 spiro atoms. The number of rotatable bonds is 1. The lowest BCUT2D eigenvalue weighted by atomic mass is 9.66. The van der Waals surface area contributed by atoms with Crippen LogP contribution in [0.25, 0.3) is 0 Å². The highest BCUT2D eigenvalue weighted by Crippen LogP contribution is 2.43. The largest absolute Gasteiger partial charge is 0.480 e. The minimum Gasteiger partial charge on any atom is -0.480 e. The topological polar surface area (TPSA) is 57.6 Å². The van der Waals surface area contributed by atoms with Crippen LogP contribution in [0.15, 0.2) is 0 Å². The van der Waals surface area contributed by atoms with Crippen molar-refractivity contribution in [1.82, 2.24) is 4.90 Å². The zero-order valence-corrected chi connectivity index (χ0v) is 6.86. The maximum Gasteiger partial charge on any atom is 0.326 e. The van der Waals surface area contributed by atoms with Crippen LogP contribution in [0.2, 0.25) is 0 Å². The molecule has 0 aromatic heterocycles. The number of piperidine rings is 2. The smallest absolute Gasteiger partial charge is 0.326 e. The molecular weight excluding hydrogens is 158 g/mol. The molecule has 1 atom stereocenters. The predicted octanol–water partition coefficient (Wildman–Crippen LogP) is -0.0622. The summed E-state index contributed by atoms with van der Waals surface area (Å²) < 4.78 is 0. The molecule has 2 aliphatic heterocycles. The Kier molecular flexibility index (Phi) is 1.40. The normalized spacial score (nSPS) is 39.2. The Labute approximate surface area is 70.2 Å². The first-order chi connectivity index (χ1) is 5.61. The maximum atomic E-state index is 11.3. The molecule has 3 rings (SSSR count). The summed E-state index contributed by atoms with van der Waals surface area (Å²) in [5.41, 5.74) is 0. The van der Waals surface area contributed by atoms with Crippen molar-refractivity contribution in [3.05, 3.63) is 0 Å². The highest BCUT2D eigenvalue weighted by atomic mass is 16.4. The molecule has 2 heterocycles. The molecule has 1 aliphatic carbocycles. The first-order valence-corrected chi connectivity index (χ1v) is 4.10. The van der Waals surface area contributed by atoms with E-state index in [1.54, 1.807) is 7.05 Å². The van der Waals surface area contributed by atoms with E-state index in [0.29, 0.717) is 0 Å². The fourth-order valence-electron chi connectivity index (χ4n) is 2.23. The molecule has 1 amide bonds. The molecule has 1 N–H and O–H groups in total. The van der Waals surface area contributed by atoms with Crippen LogP contribution in [0.1, 0.15) is 12.8 Å². The number of fused-ring (bicyclic) bond motifs is 2. The van der Waals surface area contributed by atoms with E-state index in [0.717, 1.165) is 12.8 Å². The third-order valence-electron chi connectivity index (χ3n) is 2.99. The molecule has 0 aromatic rings. The van der Waals surface area contributed by atoms with Crippen molar-refractivity contribution in [2.45, 2.75) is 18.9 Å². The Balaban J connectivity index is 2.22. The Morgan fingerprint density at radius 1 is 1.58 bits per heavy atom. The molecule has 1 unspecified atom stereocenters. The van der Waals surface area contributed by atoms with Crippen molar-refractivity contribution in [1.29, 1.82) is 0 Å². The molecule has 66 valence electrons. The lowest BCUT2D eigenvalue weighted by molar-refractivity contribution is -0.167. The number of amides is 1. The second kappa shape index (κ2) is 2.21. The number of hydrogen-bond donors (Lipinski definition) is 1. The Hall–Kier alpha value is -1.06. The number of carboxylic acids is 1. The first-order valence-electron chi connectivity index (χ1n) is 4.10. The second-order valence-electron chi connectivity index (χ2n) is 3.66. The summed E-state index contributed by atoms with van der Waals surface area (Å²) in [6.07, 6.45) is 1.56. The van der Waals surface area contributed by atoms with Gasteiger partial charge in [-0.3, -0.25) is 4.79 Å². The van der Waals surface area contributed by atoms with Crippen molar-refractivity contribution in [2.24, 2.45) is 11.8 Å². The van der Waals surface area contributed by atoms with Crippen LogP contribution in [0.5, 0.6) is 0 Å². The van der Waals surface area contributed by atoms with E-state index in [1.165, 1.54) is 4.90 Å². The monoisotopic (exact) mass is 169 g/mol. The zero-order valence-electron chi connectivity index (χ0n) is 6.86. The standard InChI is InChI=1S/C8H11NO3/c1-9-6(8(11)12)4-2-5(3-4)7(9)10/h4-6H,2-3H2,1H3,(H,11,12). The zero-order chi connectivity index (χ0) is 8.88. The maximum absolute atomic E-state index is 11.3. The average molecular weight is 169 g/mol. The van der Waals surface area contributed by atoms with E-state index >= 15 is 0 Å². The summed E-state index contributed by atoms with van der Waals surface area (Å²) in [4.78, 5) is 23.5. The first kappa shape index (κ1) is 7.58. The van der Waals surface area contributed by atoms with Gasteiger partial charge in [0.2, 0.25) is 5.91 Å². The van der Waals surface area contributed by atoms with Crippen LogP contribution in [0, 0.1) is 11.8 Å². The minimum absolute atomic E-state index is 0.00454. The van der Waals surface area contributed by atoms with Gasteiger partial charge in [-0.25, -0.2) is 4.79 Å². The van der Waals surface area contributed by atoms with Crippen molar-refractivity contribution in [3.8, 4) is 0 Å². The fraction of sp³-hybridized carbons (Fsp3) is 0.750. The number of hydrogen-bond acceptors (Lipinski definition) is 2. The van der Waals surface area contributed by atoms with Gasteiger partial charge in [-0.15, -0.1) is 0 Å². The van der Waals surface area contributed by atoms with Gasteiger partial charge in [0.15, 0.2) is 0 Å². The number of carbonyl (C=O) groups excluding carboxylic acids is 1. The van der Waals surface area contributed by atoms with Gasteiger partial charge < -0.3 is 10.0 Å². The van der Waals surface area contributed by atoms with Crippen molar-refractivity contribution < 1.29 is 14.7 Å². The molecule has 2 saturated heterocycles. The van der Waals surface area contributed by atoms with Gasteiger partial charge in [0.05, 0.1) is 0 Å². The molecule has 0 radical (unpaired) electrons. The number of carbonyl (C=O) groups is 2. The molecule has 4 nitrogen and oxygen atoms in total. The molecular formula is C8H11NO3. The van der Waals surface area contributed by atoms with Gasteiger partial charge in [0, 0.05) is 13.0 Å². The Morgan fingerprint density at radius 3 is 2.58 bits per heavy atom. The van der Waals surface area contributed by atoms with Gasteiger partial charge in [-0.05, 0) is 18.8 Å². The molecule has 0 aromatic carbocycles. The van der Waals surface area contributed by atoms with Crippen molar-refractivity contribution >= 4 is 11.9 Å². The lowest BCUT2D eigenvalue weighted by Gasteiger charge is -2.48. The quantitative estimate of drug-likeness (QED) is 0.598. The third-order valence-corrected chi connectivity index (χ3v) is 2.99. The highest BCUT2D eigenvalue weighted by molar-refractivity contribution is 5.88. The molecule has 3 aliphatic rings. The van der Waals surface area contributed by atoms with Crippen LogP contribution in [-0.4, -0.2) is 35.0 Å². The summed E-state index contributed by atoms with van der Waals surface area (Å²) >= 11 is 0. The summed E-state index contributed by atoms with van der Waals surface area (Å²) in [5.74, 6) is -0.537. The van der Waals surface area contributed by atoms with Crippen LogP contribution < -0.4 is 0 Å². The van der Waals surface area contributed by atoms with Gasteiger partial charge in [-0.2, -0.15) is 0 Å². The summed E-state index contributed by atoms with van der Waals surface area (Å²) in [6.45, 7) is 0. The number of nitrogens with zero attached hydrogens (tertiary/aromatic N) is 1. The molecule has 4 heteroatoms. The molecule has 3 fully saturated rings. The van der Waals surface area contributed by atoms with Gasteiger partial charge >= 0.3 is 5.97 Å². The SMILES string of the molecule is CN1C(=O)C2CC(C2)C1C(=O)O. The molecule has 2 bridgehead atoms. The average Bonchev–Trinajstić information content (AvgIpc) is 1.90. The van der Waals surface area contributed by atoms with Crippen LogP contribution in [0.3, 0.4) is 0 Å². The lowest BCUT2D eigenvalue weighted by Crippen LogP contribution is -2.60. The van der Waals surface area contributed by atoms with Crippen LogP contribution >= 0.6 is 0 Å². The third kappa shape index (κ3) is 0.777. The van der Waals surface area contributed by atoms with Gasteiger partial charge in [0.25, 0.3) is 0 Å². The molecule has 12 heavy (non-hydrogen) atoms. The highest BCUT2D eigenvalue weighted by Gasteiger charge is 2.51.